The molecule has 0 aromatic heterocycles. The summed E-state index contributed by atoms with van der Waals surface area (Å²) in [6.07, 6.45) is 6.76. The molecule has 1 nitrogen and oxygen atoms in total. The van der Waals surface area contributed by atoms with Gasteiger partial charge in [0.1, 0.15) is 0 Å². The van der Waals surface area contributed by atoms with Gasteiger partial charge in [0.25, 0.3) is 0 Å². The van der Waals surface area contributed by atoms with Crippen LogP contribution < -0.4 is 0 Å². The maximum absolute atomic E-state index is 6.57. The minimum atomic E-state index is -0.233. The molecule has 26 heavy (non-hydrogen) atoms. The number of hydrogen-bond donors (Lipinski definition) is 0. The van der Waals surface area contributed by atoms with Crippen molar-refractivity contribution in [2.24, 2.45) is 11.8 Å². The van der Waals surface area contributed by atoms with Crippen LogP contribution in [-0.4, -0.2) is 6.10 Å². The molecular weight excluding hydrogens is 316 g/mol. The molecule has 0 N–H and O–H groups in total. The van der Waals surface area contributed by atoms with Gasteiger partial charge < -0.3 is 4.74 Å². The Labute approximate surface area is 159 Å². The Morgan fingerprint density at radius 2 is 1.46 bits per heavy atom. The summed E-state index contributed by atoms with van der Waals surface area (Å²) in [6, 6.07) is 19.5. The predicted molar refractivity (Wildman–Crippen MR) is 111 cm³/mol. The third-order valence-electron chi connectivity index (χ3n) is 6.32. The summed E-state index contributed by atoms with van der Waals surface area (Å²) >= 11 is 0. The lowest BCUT2D eigenvalue weighted by atomic mass is 9.78. The molecular formula is C25H34O. The van der Waals surface area contributed by atoms with E-state index in [-0.39, 0.29) is 5.60 Å². The van der Waals surface area contributed by atoms with E-state index in [0.717, 1.165) is 11.8 Å². The second-order valence-corrected chi connectivity index (χ2v) is 8.49. The molecule has 0 bridgehead atoms. The van der Waals surface area contributed by atoms with Crippen LogP contribution in [-0.2, 0) is 10.3 Å². The topological polar surface area (TPSA) is 9.23 Å². The van der Waals surface area contributed by atoms with E-state index in [2.05, 4.69) is 82.3 Å². The van der Waals surface area contributed by atoms with E-state index in [1.807, 2.05) is 0 Å². The zero-order chi connectivity index (χ0) is 18.6. The van der Waals surface area contributed by atoms with E-state index >= 15 is 0 Å². The first-order chi connectivity index (χ1) is 12.5. The number of ether oxygens (including phenoxy) is 1. The van der Waals surface area contributed by atoms with Gasteiger partial charge in [0.05, 0.1) is 11.7 Å². The van der Waals surface area contributed by atoms with Crippen molar-refractivity contribution < 1.29 is 4.74 Å². The van der Waals surface area contributed by atoms with Gasteiger partial charge in [-0.05, 0) is 68.1 Å². The number of benzene rings is 2. The molecule has 140 valence electrons. The van der Waals surface area contributed by atoms with Gasteiger partial charge in [0.15, 0.2) is 0 Å². The molecule has 0 radical (unpaired) electrons. The third-order valence-corrected chi connectivity index (χ3v) is 6.32. The molecule has 0 spiro atoms. The molecule has 1 fully saturated rings. The maximum atomic E-state index is 6.57. The molecule has 1 atom stereocenters. The Kier molecular flexibility index (Phi) is 6.19. The van der Waals surface area contributed by atoms with Crippen LogP contribution in [0.5, 0.6) is 0 Å². The monoisotopic (exact) mass is 350 g/mol. The summed E-state index contributed by atoms with van der Waals surface area (Å²) < 4.78 is 6.57. The van der Waals surface area contributed by atoms with Crippen LogP contribution in [0, 0.1) is 11.8 Å². The third kappa shape index (κ3) is 4.57. The van der Waals surface area contributed by atoms with Gasteiger partial charge in [-0.3, -0.25) is 0 Å². The molecule has 1 saturated carbocycles. The van der Waals surface area contributed by atoms with Gasteiger partial charge in [-0.15, -0.1) is 0 Å². The van der Waals surface area contributed by atoms with Crippen LogP contribution >= 0.6 is 0 Å². The van der Waals surface area contributed by atoms with E-state index in [4.69, 9.17) is 4.74 Å². The van der Waals surface area contributed by atoms with Crippen molar-refractivity contribution in [3.8, 4) is 11.1 Å². The van der Waals surface area contributed by atoms with Crippen molar-refractivity contribution in [2.75, 3.05) is 0 Å². The zero-order valence-electron chi connectivity index (χ0n) is 16.9. The van der Waals surface area contributed by atoms with Crippen molar-refractivity contribution in [2.45, 2.75) is 71.5 Å². The standard InChI is InChI=1S/C25H34O/c1-5-19(2)20-13-17-24(18-14-20)26-25(3,4)23-15-11-22(12-16-23)21-9-7-6-8-10-21/h6-12,15-16,19-20,24H,5,13-14,17-18H2,1-4H3. The van der Waals surface area contributed by atoms with Crippen LogP contribution in [0.3, 0.4) is 0 Å². The summed E-state index contributed by atoms with van der Waals surface area (Å²) in [5.41, 5.74) is 3.56. The van der Waals surface area contributed by atoms with Crippen molar-refractivity contribution in [3.05, 3.63) is 60.2 Å². The SMILES string of the molecule is CCC(C)C1CCC(OC(C)(C)c2ccc(-c3ccccc3)cc2)CC1. The van der Waals surface area contributed by atoms with Crippen molar-refractivity contribution in [1.82, 2.24) is 0 Å². The summed E-state index contributed by atoms with van der Waals surface area (Å²) in [7, 11) is 0. The minimum Gasteiger partial charge on any atom is -0.368 e. The highest BCUT2D eigenvalue weighted by Gasteiger charge is 2.30. The Morgan fingerprint density at radius 1 is 0.885 bits per heavy atom. The summed E-state index contributed by atoms with van der Waals surface area (Å²) in [6.45, 7) is 9.15. The lowest BCUT2D eigenvalue weighted by Crippen LogP contribution is -2.32. The minimum absolute atomic E-state index is 0.233. The van der Waals surface area contributed by atoms with Crippen LogP contribution in [0.1, 0.15) is 65.4 Å². The quantitative estimate of drug-likeness (QED) is 0.535. The van der Waals surface area contributed by atoms with Gasteiger partial charge in [0.2, 0.25) is 0 Å². The van der Waals surface area contributed by atoms with Gasteiger partial charge in [0, 0.05) is 0 Å². The van der Waals surface area contributed by atoms with Crippen LogP contribution in [0.15, 0.2) is 54.6 Å². The summed E-state index contributed by atoms with van der Waals surface area (Å²) in [5.74, 6) is 1.75. The van der Waals surface area contributed by atoms with Gasteiger partial charge in [-0.25, -0.2) is 0 Å². The highest BCUT2D eigenvalue weighted by molar-refractivity contribution is 5.63. The first-order valence-corrected chi connectivity index (χ1v) is 10.3. The molecule has 0 amide bonds. The van der Waals surface area contributed by atoms with E-state index in [0.29, 0.717) is 6.10 Å². The second kappa shape index (κ2) is 8.39. The molecule has 0 aliphatic heterocycles. The van der Waals surface area contributed by atoms with E-state index in [1.54, 1.807) is 0 Å². The smallest absolute Gasteiger partial charge is 0.0879 e. The van der Waals surface area contributed by atoms with Gasteiger partial charge >= 0.3 is 0 Å². The Balaban J connectivity index is 1.62. The normalized spacial score (nSPS) is 22.2. The Morgan fingerprint density at radius 3 is 2.04 bits per heavy atom. The Bertz CT molecular complexity index is 663. The molecule has 0 heterocycles. The number of rotatable bonds is 6. The lowest BCUT2D eigenvalue weighted by molar-refractivity contribution is -0.0955. The van der Waals surface area contributed by atoms with E-state index in [9.17, 15) is 0 Å². The first-order valence-electron chi connectivity index (χ1n) is 10.3. The molecule has 0 saturated heterocycles. The molecule has 1 unspecified atom stereocenters. The van der Waals surface area contributed by atoms with Crippen molar-refractivity contribution >= 4 is 0 Å². The van der Waals surface area contributed by atoms with Crippen molar-refractivity contribution in [1.29, 1.82) is 0 Å². The predicted octanol–water partition coefficient (Wildman–Crippen LogP) is 7.21. The fourth-order valence-corrected chi connectivity index (χ4v) is 4.29. The second-order valence-electron chi connectivity index (χ2n) is 8.49. The van der Waals surface area contributed by atoms with Gasteiger partial charge in [-0.1, -0.05) is 74.9 Å². The molecule has 1 heteroatoms. The van der Waals surface area contributed by atoms with Crippen molar-refractivity contribution in [3.63, 3.8) is 0 Å². The average molecular weight is 351 g/mol. The first kappa shape index (κ1) is 19.2. The Hall–Kier alpha value is -1.60. The number of hydrogen-bond acceptors (Lipinski definition) is 1. The fraction of sp³-hybridized carbons (Fsp3) is 0.520. The largest absolute Gasteiger partial charge is 0.368 e. The molecule has 1 aliphatic rings. The van der Waals surface area contributed by atoms with E-state index < -0.39 is 0 Å². The average Bonchev–Trinajstić information content (AvgIpc) is 2.68. The molecule has 2 aromatic carbocycles. The van der Waals surface area contributed by atoms with Crippen LogP contribution in [0.25, 0.3) is 11.1 Å². The molecule has 3 rings (SSSR count). The molecule has 1 aliphatic carbocycles. The fourth-order valence-electron chi connectivity index (χ4n) is 4.29. The van der Waals surface area contributed by atoms with Gasteiger partial charge in [-0.2, -0.15) is 0 Å². The van der Waals surface area contributed by atoms with E-state index in [1.165, 1.54) is 48.8 Å². The van der Waals surface area contributed by atoms with Crippen LogP contribution in [0.2, 0.25) is 0 Å². The highest BCUT2D eigenvalue weighted by atomic mass is 16.5. The summed E-state index contributed by atoms with van der Waals surface area (Å²) in [4.78, 5) is 0. The zero-order valence-corrected chi connectivity index (χ0v) is 16.9. The summed E-state index contributed by atoms with van der Waals surface area (Å²) in [5, 5.41) is 0. The maximum Gasteiger partial charge on any atom is 0.0879 e. The molecule has 2 aromatic rings. The van der Waals surface area contributed by atoms with Crippen LogP contribution in [0.4, 0.5) is 0 Å². The highest BCUT2D eigenvalue weighted by Crippen LogP contribution is 2.37. The lowest BCUT2D eigenvalue weighted by Gasteiger charge is -2.37.